The van der Waals surface area contributed by atoms with Crippen molar-refractivity contribution in [2.75, 3.05) is 6.54 Å². The molecular weight excluding hydrogens is 204 g/mol. The Morgan fingerprint density at radius 3 is 2.81 bits per heavy atom. The van der Waals surface area contributed by atoms with Gasteiger partial charge in [-0.1, -0.05) is 0 Å². The van der Waals surface area contributed by atoms with Gasteiger partial charge in [-0.05, 0) is 37.7 Å². The van der Waals surface area contributed by atoms with Crippen molar-refractivity contribution in [2.45, 2.75) is 31.7 Å². The van der Waals surface area contributed by atoms with Gasteiger partial charge in [0.05, 0.1) is 11.8 Å². The molecule has 4 nitrogen and oxygen atoms in total. The number of rotatable bonds is 3. The summed E-state index contributed by atoms with van der Waals surface area (Å²) in [6, 6.07) is 2.03. The van der Waals surface area contributed by atoms with Gasteiger partial charge in [-0.15, -0.1) is 0 Å². The van der Waals surface area contributed by atoms with Crippen LogP contribution in [0, 0.1) is 5.92 Å². The van der Waals surface area contributed by atoms with Crippen LogP contribution in [0.3, 0.4) is 0 Å². The van der Waals surface area contributed by atoms with Crippen LogP contribution in [0.15, 0.2) is 23.0 Å². The standard InChI is InChI=1S/C12H18N2O2/c13-11-3-1-9(2-4-11)7-14-12(15)10-5-6-16-8-10/h5-6,8-9,11H,1-4,7,13H2,(H,14,15). The summed E-state index contributed by atoms with van der Waals surface area (Å²) in [5.74, 6) is 0.527. The maximum Gasteiger partial charge on any atom is 0.254 e. The lowest BCUT2D eigenvalue weighted by Gasteiger charge is -2.25. The molecule has 0 unspecified atom stereocenters. The fourth-order valence-electron chi connectivity index (χ4n) is 2.13. The van der Waals surface area contributed by atoms with Crippen molar-refractivity contribution in [3.05, 3.63) is 24.2 Å². The second-order valence-electron chi connectivity index (χ2n) is 4.50. The van der Waals surface area contributed by atoms with Crippen LogP contribution in [0.25, 0.3) is 0 Å². The highest BCUT2D eigenvalue weighted by Crippen LogP contribution is 2.22. The predicted octanol–water partition coefficient (Wildman–Crippen LogP) is 1.53. The minimum Gasteiger partial charge on any atom is -0.472 e. The first-order valence-electron chi connectivity index (χ1n) is 5.81. The fourth-order valence-corrected chi connectivity index (χ4v) is 2.13. The van der Waals surface area contributed by atoms with E-state index in [0.29, 0.717) is 17.5 Å². The SMILES string of the molecule is NC1CCC(CNC(=O)c2ccoc2)CC1. The summed E-state index contributed by atoms with van der Waals surface area (Å²) in [5, 5.41) is 2.93. The Morgan fingerprint density at radius 2 is 2.19 bits per heavy atom. The largest absolute Gasteiger partial charge is 0.472 e. The summed E-state index contributed by atoms with van der Waals surface area (Å²) in [6.45, 7) is 0.747. The van der Waals surface area contributed by atoms with Gasteiger partial charge in [0.2, 0.25) is 0 Å². The molecular formula is C12H18N2O2. The minimum absolute atomic E-state index is 0.0522. The highest BCUT2D eigenvalue weighted by atomic mass is 16.3. The van der Waals surface area contributed by atoms with Crippen LogP contribution in [-0.2, 0) is 0 Å². The van der Waals surface area contributed by atoms with Gasteiger partial charge in [0.25, 0.3) is 5.91 Å². The third-order valence-electron chi connectivity index (χ3n) is 3.23. The van der Waals surface area contributed by atoms with Crippen LogP contribution in [0.4, 0.5) is 0 Å². The Kier molecular flexibility index (Phi) is 3.62. The average Bonchev–Trinajstić information content (AvgIpc) is 2.81. The molecule has 0 spiro atoms. The Balaban J connectivity index is 1.73. The first-order chi connectivity index (χ1) is 7.75. The molecule has 1 fully saturated rings. The molecule has 1 heterocycles. The molecule has 0 radical (unpaired) electrons. The highest BCUT2D eigenvalue weighted by Gasteiger charge is 2.19. The van der Waals surface area contributed by atoms with Gasteiger partial charge < -0.3 is 15.5 Å². The summed E-state index contributed by atoms with van der Waals surface area (Å²) in [7, 11) is 0. The Bertz CT molecular complexity index is 327. The molecule has 1 aromatic heterocycles. The molecule has 0 saturated heterocycles. The molecule has 16 heavy (non-hydrogen) atoms. The fraction of sp³-hybridized carbons (Fsp3) is 0.583. The van der Waals surface area contributed by atoms with Crippen molar-refractivity contribution < 1.29 is 9.21 Å². The van der Waals surface area contributed by atoms with Crippen molar-refractivity contribution in [3.8, 4) is 0 Å². The van der Waals surface area contributed by atoms with Crippen LogP contribution in [0.5, 0.6) is 0 Å². The number of nitrogens with two attached hydrogens (primary N) is 1. The summed E-state index contributed by atoms with van der Waals surface area (Å²) < 4.78 is 4.86. The Labute approximate surface area is 95.2 Å². The van der Waals surface area contributed by atoms with Crippen LogP contribution >= 0.6 is 0 Å². The Hall–Kier alpha value is -1.29. The highest BCUT2D eigenvalue weighted by molar-refractivity contribution is 5.93. The van der Waals surface area contributed by atoms with E-state index in [1.54, 1.807) is 6.07 Å². The molecule has 88 valence electrons. The third kappa shape index (κ3) is 2.85. The first kappa shape index (κ1) is 11.2. The summed E-state index contributed by atoms with van der Waals surface area (Å²) in [6.07, 6.45) is 7.36. The van der Waals surface area contributed by atoms with Crippen LogP contribution < -0.4 is 11.1 Å². The van der Waals surface area contributed by atoms with Gasteiger partial charge in [-0.3, -0.25) is 4.79 Å². The maximum absolute atomic E-state index is 11.6. The van der Waals surface area contributed by atoms with E-state index in [-0.39, 0.29) is 5.91 Å². The van der Waals surface area contributed by atoms with E-state index in [9.17, 15) is 4.79 Å². The quantitative estimate of drug-likeness (QED) is 0.814. The third-order valence-corrected chi connectivity index (χ3v) is 3.23. The molecule has 0 aromatic carbocycles. The Morgan fingerprint density at radius 1 is 1.44 bits per heavy atom. The zero-order valence-electron chi connectivity index (χ0n) is 9.32. The van der Waals surface area contributed by atoms with Gasteiger partial charge >= 0.3 is 0 Å². The lowest BCUT2D eigenvalue weighted by molar-refractivity contribution is 0.0942. The smallest absolute Gasteiger partial charge is 0.254 e. The second-order valence-corrected chi connectivity index (χ2v) is 4.50. The zero-order valence-corrected chi connectivity index (χ0v) is 9.32. The maximum atomic E-state index is 11.6. The predicted molar refractivity (Wildman–Crippen MR) is 61.0 cm³/mol. The number of hydrogen-bond acceptors (Lipinski definition) is 3. The second kappa shape index (κ2) is 5.16. The number of hydrogen-bond donors (Lipinski definition) is 2. The molecule has 1 saturated carbocycles. The number of nitrogens with one attached hydrogen (secondary N) is 1. The van der Waals surface area contributed by atoms with E-state index in [0.717, 1.165) is 32.2 Å². The van der Waals surface area contributed by atoms with E-state index in [4.69, 9.17) is 10.2 Å². The van der Waals surface area contributed by atoms with Crippen molar-refractivity contribution in [3.63, 3.8) is 0 Å². The number of furan rings is 1. The topological polar surface area (TPSA) is 68.3 Å². The molecule has 1 amide bonds. The van der Waals surface area contributed by atoms with Gasteiger partial charge in [0, 0.05) is 12.6 Å². The van der Waals surface area contributed by atoms with Crippen molar-refractivity contribution >= 4 is 5.91 Å². The minimum atomic E-state index is -0.0522. The summed E-state index contributed by atoms with van der Waals surface area (Å²) in [5.41, 5.74) is 6.42. The summed E-state index contributed by atoms with van der Waals surface area (Å²) in [4.78, 5) is 11.6. The van der Waals surface area contributed by atoms with E-state index in [2.05, 4.69) is 5.32 Å². The lowest BCUT2D eigenvalue weighted by Crippen LogP contribution is -2.34. The molecule has 1 aliphatic carbocycles. The van der Waals surface area contributed by atoms with E-state index in [1.165, 1.54) is 12.5 Å². The molecule has 4 heteroatoms. The monoisotopic (exact) mass is 222 g/mol. The number of carbonyl (C=O) groups excluding carboxylic acids is 1. The van der Waals surface area contributed by atoms with Gasteiger partial charge in [0.1, 0.15) is 6.26 Å². The first-order valence-corrected chi connectivity index (χ1v) is 5.81. The van der Waals surface area contributed by atoms with Crippen LogP contribution in [0.1, 0.15) is 36.0 Å². The zero-order chi connectivity index (χ0) is 11.4. The molecule has 0 aliphatic heterocycles. The van der Waals surface area contributed by atoms with Gasteiger partial charge in [-0.2, -0.15) is 0 Å². The number of carbonyl (C=O) groups is 1. The molecule has 1 aliphatic rings. The lowest BCUT2D eigenvalue weighted by atomic mass is 9.86. The van der Waals surface area contributed by atoms with Crippen molar-refractivity contribution in [1.29, 1.82) is 0 Å². The normalized spacial score (nSPS) is 25.3. The van der Waals surface area contributed by atoms with E-state index >= 15 is 0 Å². The summed E-state index contributed by atoms with van der Waals surface area (Å²) >= 11 is 0. The van der Waals surface area contributed by atoms with Crippen LogP contribution in [0.2, 0.25) is 0 Å². The molecule has 2 rings (SSSR count). The molecule has 1 aromatic rings. The molecule has 3 N–H and O–H groups in total. The van der Waals surface area contributed by atoms with E-state index in [1.807, 2.05) is 0 Å². The average molecular weight is 222 g/mol. The van der Waals surface area contributed by atoms with Crippen molar-refractivity contribution in [2.24, 2.45) is 11.7 Å². The molecule has 0 bridgehead atoms. The molecule has 0 atom stereocenters. The van der Waals surface area contributed by atoms with Gasteiger partial charge in [-0.25, -0.2) is 0 Å². The van der Waals surface area contributed by atoms with E-state index < -0.39 is 0 Å². The van der Waals surface area contributed by atoms with Crippen LogP contribution in [-0.4, -0.2) is 18.5 Å². The number of amides is 1. The van der Waals surface area contributed by atoms with Crippen molar-refractivity contribution in [1.82, 2.24) is 5.32 Å². The van der Waals surface area contributed by atoms with Gasteiger partial charge in [0.15, 0.2) is 0 Å².